The molecule has 1 saturated carbocycles. The Morgan fingerprint density at radius 1 is 1.27 bits per heavy atom. The lowest BCUT2D eigenvalue weighted by molar-refractivity contribution is -0.127. The van der Waals surface area contributed by atoms with Gasteiger partial charge in [0.15, 0.2) is 0 Å². The molecule has 0 aromatic heterocycles. The van der Waals surface area contributed by atoms with Crippen LogP contribution >= 0.6 is 0 Å². The molecule has 2 rings (SSSR count). The summed E-state index contributed by atoms with van der Waals surface area (Å²) in [6, 6.07) is 6.24. The molecule has 4 nitrogen and oxygen atoms in total. The molecule has 1 fully saturated rings. The lowest BCUT2D eigenvalue weighted by Crippen LogP contribution is -2.38. The first-order valence-electron chi connectivity index (χ1n) is 8.16. The molecule has 1 aliphatic rings. The summed E-state index contributed by atoms with van der Waals surface area (Å²) in [7, 11) is 4.03. The first-order valence-corrected chi connectivity index (χ1v) is 8.16. The maximum atomic E-state index is 12.1. The highest BCUT2D eigenvalue weighted by atomic mass is 16.3. The van der Waals surface area contributed by atoms with Gasteiger partial charge in [-0.15, -0.1) is 0 Å². The Labute approximate surface area is 133 Å². The molecule has 122 valence electrons. The Hall–Kier alpha value is -1.55. The van der Waals surface area contributed by atoms with Gasteiger partial charge in [-0.3, -0.25) is 4.79 Å². The van der Waals surface area contributed by atoms with Crippen LogP contribution in [0.5, 0.6) is 0 Å². The molecule has 0 saturated heterocycles. The number of carbonyl (C=O) groups excluding carboxylic acids is 1. The van der Waals surface area contributed by atoms with Crippen molar-refractivity contribution in [1.82, 2.24) is 5.32 Å². The van der Waals surface area contributed by atoms with E-state index in [1.54, 1.807) is 0 Å². The number of amides is 1. The maximum Gasteiger partial charge on any atom is 0.223 e. The minimum atomic E-state index is -0.786. The highest BCUT2D eigenvalue weighted by molar-refractivity contribution is 5.77. The number of benzene rings is 1. The van der Waals surface area contributed by atoms with Crippen LogP contribution in [0.1, 0.15) is 49.7 Å². The fraction of sp³-hybridized carbons (Fsp3) is 0.611. The van der Waals surface area contributed by atoms with E-state index in [1.165, 1.54) is 12.0 Å². The maximum absolute atomic E-state index is 12.1. The molecular weight excluding hydrogens is 276 g/mol. The molecule has 0 heterocycles. The SMILES string of the molecule is Cc1cc(N(C)C)ccc1CNC(=O)CC1(O)CCCCC1. The van der Waals surface area contributed by atoms with Crippen molar-refractivity contribution < 1.29 is 9.90 Å². The first kappa shape index (κ1) is 16.8. The van der Waals surface area contributed by atoms with Crippen LogP contribution in [-0.4, -0.2) is 30.7 Å². The smallest absolute Gasteiger partial charge is 0.223 e. The summed E-state index contributed by atoms with van der Waals surface area (Å²) in [5, 5.41) is 13.4. The van der Waals surface area contributed by atoms with E-state index < -0.39 is 5.60 Å². The second kappa shape index (κ2) is 7.14. The van der Waals surface area contributed by atoms with Gasteiger partial charge in [-0.25, -0.2) is 0 Å². The highest BCUT2D eigenvalue weighted by Crippen LogP contribution is 2.30. The number of nitrogens with zero attached hydrogens (tertiary/aromatic N) is 1. The molecule has 0 unspecified atom stereocenters. The van der Waals surface area contributed by atoms with Gasteiger partial charge < -0.3 is 15.3 Å². The van der Waals surface area contributed by atoms with E-state index in [4.69, 9.17) is 0 Å². The Balaban J connectivity index is 1.88. The molecule has 22 heavy (non-hydrogen) atoms. The number of rotatable bonds is 5. The van der Waals surface area contributed by atoms with Gasteiger partial charge in [0.25, 0.3) is 0 Å². The minimum absolute atomic E-state index is 0.0551. The lowest BCUT2D eigenvalue weighted by Gasteiger charge is -2.31. The van der Waals surface area contributed by atoms with E-state index in [0.29, 0.717) is 6.54 Å². The molecule has 0 radical (unpaired) electrons. The number of aryl methyl sites for hydroxylation is 1. The summed E-state index contributed by atoms with van der Waals surface area (Å²) in [6.07, 6.45) is 4.93. The van der Waals surface area contributed by atoms with E-state index in [9.17, 15) is 9.90 Å². The number of nitrogens with one attached hydrogen (secondary N) is 1. The quantitative estimate of drug-likeness (QED) is 0.879. The van der Waals surface area contributed by atoms with Crippen LogP contribution in [0.25, 0.3) is 0 Å². The predicted molar refractivity (Wildman–Crippen MR) is 90.0 cm³/mol. The normalized spacial score (nSPS) is 17.1. The van der Waals surface area contributed by atoms with Crippen molar-refractivity contribution >= 4 is 11.6 Å². The minimum Gasteiger partial charge on any atom is -0.389 e. The van der Waals surface area contributed by atoms with E-state index in [2.05, 4.69) is 35.3 Å². The van der Waals surface area contributed by atoms with Crippen LogP contribution in [0, 0.1) is 6.92 Å². The van der Waals surface area contributed by atoms with Crippen molar-refractivity contribution in [3.8, 4) is 0 Å². The van der Waals surface area contributed by atoms with Gasteiger partial charge in [0.2, 0.25) is 5.91 Å². The summed E-state index contributed by atoms with van der Waals surface area (Å²) in [4.78, 5) is 14.2. The predicted octanol–water partition coefficient (Wildman–Crippen LogP) is 2.76. The molecule has 2 N–H and O–H groups in total. The van der Waals surface area contributed by atoms with Crippen LogP contribution < -0.4 is 10.2 Å². The third-order valence-corrected chi connectivity index (χ3v) is 4.59. The van der Waals surface area contributed by atoms with Crippen LogP contribution in [0.4, 0.5) is 5.69 Å². The average Bonchev–Trinajstić information content (AvgIpc) is 2.46. The summed E-state index contributed by atoms with van der Waals surface area (Å²) in [5.41, 5.74) is 2.66. The van der Waals surface area contributed by atoms with Gasteiger partial charge >= 0.3 is 0 Å². The Morgan fingerprint density at radius 2 is 1.95 bits per heavy atom. The molecule has 1 aromatic carbocycles. The molecule has 1 aliphatic carbocycles. The van der Waals surface area contributed by atoms with Gasteiger partial charge in [-0.1, -0.05) is 25.3 Å². The van der Waals surface area contributed by atoms with Crippen molar-refractivity contribution in [1.29, 1.82) is 0 Å². The average molecular weight is 304 g/mol. The molecule has 1 amide bonds. The fourth-order valence-corrected chi connectivity index (χ4v) is 3.10. The van der Waals surface area contributed by atoms with Crippen molar-refractivity contribution in [2.24, 2.45) is 0 Å². The Morgan fingerprint density at radius 3 is 2.55 bits per heavy atom. The van der Waals surface area contributed by atoms with E-state index in [1.807, 2.05) is 14.1 Å². The summed E-state index contributed by atoms with van der Waals surface area (Å²) in [6.45, 7) is 2.58. The number of hydrogen-bond donors (Lipinski definition) is 2. The van der Waals surface area contributed by atoms with Gasteiger partial charge in [0.05, 0.1) is 12.0 Å². The Bertz CT molecular complexity index is 520. The van der Waals surface area contributed by atoms with Gasteiger partial charge in [-0.05, 0) is 43.0 Å². The van der Waals surface area contributed by atoms with E-state index in [-0.39, 0.29) is 12.3 Å². The molecule has 0 aliphatic heterocycles. The summed E-state index contributed by atoms with van der Waals surface area (Å²) >= 11 is 0. The standard InChI is InChI=1S/C18H28N2O2/c1-14-11-16(20(2)3)8-7-15(14)13-19-17(21)12-18(22)9-5-4-6-10-18/h7-8,11,22H,4-6,9-10,12-13H2,1-3H3,(H,19,21). The third kappa shape index (κ3) is 4.47. The number of carbonyl (C=O) groups is 1. The first-order chi connectivity index (χ1) is 10.4. The summed E-state index contributed by atoms with van der Waals surface area (Å²) in [5.74, 6) is -0.0551. The largest absolute Gasteiger partial charge is 0.389 e. The molecular formula is C18H28N2O2. The second-order valence-electron chi connectivity index (χ2n) is 6.74. The van der Waals surface area contributed by atoms with E-state index in [0.717, 1.165) is 36.9 Å². The van der Waals surface area contributed by atoms with Crippen molar-refractivity contribution in [3.63, 3.8) is 0 Å². The second-order valence-corrected chi connectivity index (χ2v) is 6.74. The van der Waals surface area contributed by atoms with Gasteiger partial charge in [-0.2, -0.15) is 0 Å². The van der Waals surface area contributed by atoms with Gasteiger partial charge in [0, 0.05) is 26.3 Å². The Kier molecular flexibility index (Phi) is 5.46. The zero-order chi connectivity index (χ0) is 16.2. The highest BCUT2D eigenvalue weighted by Gasteiger charge is 2.31. The molecule has 4 heteroatoms. The van der Waals surface area contributed by atoms with Crippen LogP contribution in [0.3, 0.4) is 0 Å². The van der Waals surface area contributed by atoms with Crippen LogP contribution in [-0.2, 0) is 11.3 Å². The van der Waals surface area contributed by atoms with Gasteiger partial charge in [0.1, 0.15) is 0 Å². The van der Waals surface area contributed by atoms with Crippen LogP contribution in [0.2, 0.25) is 0 Å². The summed E-state index contributed by atoms with van der Waals surface area (Å²) < 4.78 is 0. The molecule has 1 aromatic rings. The zero-order valence-electron chi connectivity index (χ0n) is 14.0. The molecule has 0 bridgehead atoms. The number of hydrogen-bond acceptors (Lipinski definition) is 3. The van der Waals surface area contributed by atoms with Crippen molar-refractivity contribution in [2.75, 3.05) is 19.0 Å². The van der Waals surface area contributed by atoms with E-state index >= 15 is 0 Å². The molecule has 0 atom stereocenters. The third-order valence-electron chi connectivity index (χ3n) is 4.59. The number of anilines is 1. The monoisotopic (exact) mass is 304 g/mol. The van der Waals surface area contributed by atoms with Crippen molar-refractivity contribution in [3.05, 3.63) is 29.3 Å². The fourth-order valence-electron chi connectivity index (χ4n) is 3.10. The molecule has 0 spiro atoms. The number of aliphatic hydroxyl groups is 1. The zero-order valence-corrected chi connectivity index (χ0v) is 14.0. The topological polar surface area (TPSA) is 52.6 Å². The lowest BCUT2D eigenvalue weighted by atomic mass is 9.82. The van der Waals surface area contributed by atoms with Crippen molar-refractivity contribution in [2.45, 2.75) is 57.6 Å². The van der Waals surface area contributed by atoms with Crippen LogP contribution in [0.15, 0.2) is 18.2 Å².